The maximum Gasteiger partial charge on any atom is 0.263 e. The Balaban J connectivity index is 1.70. The van der Waals surface area contributed by atoms with Crippen molar-refractivity contribution in [1.82, 2.24) is 20.3 Å². The number of carbonyl (C=O) groups excluding carboxylic acids is 1. The van der Waals surface area contributed by atoms with Crippen molar-refractivity contribution >= 4 is 33.7 Å². The van der Waals surface area contributed by atoms with Gasteiger partial charge in [-0.05, 0) is 19.1 Å². The summed E-state index contributed by atoms with van der Waals surface area (Å²) in [5.41, 5.74) is 1.84. The molecular weight excluding hydrogens is 330 g/mol. The molecule has 23 heavy (non-hydrogen) atoms. The number of amides is 1. The van der Waals surface area contributed by atoms with Crippen molar-refractivity contribution in [3.05, 3.63) is 46.0 Å². The minimum absolute atomic E-state index is 0.144. The maximum absolute atomic E-state index is 12.2. The molecular formula is C15H15N5OS2. The standard InChI is InChI=1S/C15H15N5OS2/c1-9(19-13(21)12-7-18-15(16-2)23-12)14-20-11(8-22-14)10-4-3-5-17-6-10/h3-9H,1-2H3,(H,16,18)(H,19,21)/t9-/m1/s1. The van der Waals surface area contributed by atoms with E-state index in [0.29, 0.717) is 4.88 Å². The van der Waals surface area contributed by atoms with Gasteiger partial charge in [-0.25, -0.2) is 9.97 Å². The van der Waals surface area contributed by atoms with Crippen molar-refractivity contribution in [2.24, 2.45) is 0 Å². The molecule has 3 heterocycles. The quantitative estimate of drug-likeness (QED) is 0.742. The summed E-state index contributed by atoms with van der Waals surface area (Å²) in [5, 5.41) is 9.42. The first-order valence-corrected chi connectivity index (χ1v) is 8.67. The summed E-state index contributed by atoms with van der Waals surface area (Å²) in [5.74, 6) is -0.144. The third-order valence-electron chi connectivity index (χ3n) is 3.14. The number of hydrogen-bond donors (Lipinski definition) is 2. The zero-order chi connectivity index (χ0) is 16.2. The van der Waals surface area contributed by atoms with E-state index in [2.05, 4.69) is 25.6 Å². The minimum atomic E-state index is -0.168. The number of nitrogens with zero attached hydrogens (tertiary/aromatic N) is 3. The lowest BCUT2D eigenvalue weighted by Crippen LogP contribution is -2.25. The number of anilines is 1. The van der Waals surface area contributed by atoms with E-state index < -0.39 is 0 Å². The van der Waals surface area contributed by atoms with Crippen LogP contribution < -0.4 is 10.6 Å². The molecule has 1 amide bonds. The molecule has 0 radical (unpaired) electrons. The summed E-state index contributed by atoms with van der Waals surface area (Å²) in [7, 11) is 1.78. The van der Waals surface area contributed by atoms with Gasteiger partial charge in [-0.3, -0.25) is 9.78 Å². The highest BCUT2D eigenvalue weighted by Gasteiger charge is 2.17. The number of pyridine rings is 1. The van der Waals surface area contributed by atoms with Crippen LogP contribution in [0.1, 0.15) is 27.6 Å². The second-order valence-corrected chi connectivity index (χ2v) is 6.71. The Morgan fingerprint density at radius 2 is 2.22 bits per heavy atom. The van der Waals surface area contributed by atoms with Crippen molar-refractivity contribution in [3.63, 3.8) is 0 Å². The first-order chi connectivity index (χ1) is 11.2. The normalized spacial score (nSPS) is 11.9. The molecule has 3 rings (SSSR count). The highest BCUT2D eigenvalue weighted by Crippen LogP contribution is 2.25. The zero-order valence-electron chi connectivity index (χ0n) is 12.6. The molecule has 0 fully saturated rings. The Morgan fingerprint density at radius 3 is 2.91 bits per heavy atom. The molecule has 0 aliphatic rings. The Labute approximate surface area is 141 Å². The molecule has 0 bridgehead atoms. The number of hydrogen-bond acceptors (Lipinski definition) is 7. The van der Waals surface area contributed by atoms with Crippen molar-refractivity contribution in [2.45, 2.75) is 13.0 Å². The van der Waals surface area contributed by atoms with Crippen LogP contribution in [0.15, 0.2) is 36.1 Å². The summed E-state index contributed by atoms with van der Waals surface area (Å²) >= 11 is 2.84. The van der Waals surface area contributed by atoms with E-state index >= 15 is 0 Å². The fourth-order valence-corrected chi connectivity index (χ4v) is 3.47. The molecule has 0 aliphatic heterocycles. The summed E-state index contributed by atoms with van der Waals surface area (Å²) in [6, 6.07) is 3.67. The van der Waals surface area contributed by atoms with Crippen molar-refractivity contribution in [3.8, 4) is 11.3 Å². The summed E-state index contributed by atoms with van der Waals surface area (Å²) < 4.78 is 0. The Hall–Kier alpha value is -2.32. The SMILES string of the molecule is CNc1ncc(C(=O)N[C@H](C)c2nc(-c3cccnc3)cs2)s1. The predicted molar refractivity (Wildman–Crippen MR) is 92.9 cm³/mol. The largest absolute Gasteiger partial charge is 0.365 e. The average Bonchev–Trinajstić information content (AvgIpc) is 3.25. The highest BCUT2D eigenvalue weighted by atomic mass is 32.1. The molecule has 6 nitrogen and oxygen atoms in total. The molecule has 0 spiro atoms. The molecule has 3 aromatic heterocycles. The number of rotatable bonds is 5. The molecule has 0 aromatic carbocycles. The van der Waals surface area contributed by atoms with Crippen LogP contribution in [0.2, 0.25) is 0 Å². The molecule has 3 aromatic rings. The van der Waals surface area contributed by atoms with Gasteiger partial charge in [0.25, 0.3) is 5.91 Å². The fraction of sp³-hybridized carbons (Fsp3) is 0.200. The molecule has 0 saturated carbocycles. The van der Waals surface area contributed by atoms with Gasteiger partial charge in [0.1, 0.15) is 9.88 Å². The summed E-state index contributed by atoms with van der Waals surface area (Å²) in [6.07, 6.45) is 5.08. The van der Waals surface area contributed by atoms with Crippen molar-refractivity contribution in [2.75, 3.05) is 12.4 Å². The van der Waals surface area contributed by atoms with Crippen LogP contribution >= 0.6 is 22.7 Å². The van der Waals surface area contributed by atoms with Crippen LogP contribution in [0.5, 0.6) is 0 Å². The van der Waals surface area contributed by atoms with Gasteiger partial charge in [0.2, 0.25) is 0 Å². The maximum atomic E-state index is 12.2. The molecule has 0 saturated heterocycles. The van der Waals surface area contributed by atoms with Crippen LogP contribution in [0.3, 0.4) is 0 Å². The van der Waals surface area contributed by atoms with E-state index in [-0.39, 0.29) is 11.9 Å². The molecule has 2 N–H and O–H groups in total. The van der Waals surface area contributed by atoms with Gasteiger partial charge in [-0.2, -0.15) is 0 Å². The fourth-order valence-electron chi connectivity index (χ4n) is 1.96. The zero-order valence-corrected chi connectivity index (χ0v) is 14.2. The Morgan fingerprint density at radius 1 is 1.35 bits per heavy atom. The lowest BCUT2D eigenvalue weighted by atomic mass is 10.2. The lowest BCUT2D eigenvalue weighted by Gasteiger charge is -2.09. The monoisotopic (exact) mass is 345 g/mol. The van der Waals surface area contributed by atoms with Gasteiger partial charge in [0.05, 0.1) is 17.9 Å². The van der Waals surface area contributed by atoms with E-state index in [4.69, 9.17) is 0 Å². The minimum Gasteiger partial charge on any atom is -0.365 e. The lowest BCUT2D eigenvalue weighted by molar-refractivity contribution is 0.0943. The second kappa shape index (κ2) is 6.84. The van der Waals surface area contributed by atoms with Gasteiger partial charge in [-0.15, -0.1) is 11.3 Å². The Bertz CT molecular complexity index is 799. The third-order valence-corrected chi connectivity index (χ3v) is 5.18. The van der Waals surface area contributed by atoms with Gasteiger partial charge < -0.3 is 10.6 Å². The topological polar surface area (TPSA) is 79.8 Å². The van der Waals surface area contributed by atoms with Crippen LogP contribution in [-0.4, -0.2) is 27.9 Å². The molecule has 118 valence electrons. The van der Waals surface area contributed by atoms with Crippen LogP contribution in [0.25, 0.3) is 11.3 Å². The Kier molecular flexibility index (Phi) is 4.63. The molecule has 1 atom stereocenters. The van der Waals surface area contributed by atoms with E-state index in [9.17, 15) is 4.79 Å². The van der Waals surface area contributed by atoms with Crippen LogP contribution in [0, 0.1) is 0 Å². The molecule has 8 heteroatoms. The number of thiazole rings is 2. The average molecular weight is 345 g/mol. The molecule has 0 aliphatic carbocycles. The highest BCUT2D eigenvalue weighted by molar-refractivity contribution is 7.17. The van der Waals surface area contributed by atoms with Crippen molar-refractivity contribution in [1.29, 1.82) is 0 Å². The number of nitrogens with one attached hydrogen (secondary N) is 2. The van der Waals surface area contributed by atoms with Gasteiger partial charge in [0, 0.05) is 30.4 Å². The van der Waals surface area contributed by atoms with E-state index in [0.717, 1.165) is 21.4 Å². The second-order valence-electron chi connectivity index (χ2n) is 4.79. The van der Waals surface area contributed by atoms with Gasteiger partial charge in [0.15, 0.2) is 5.13 Å². The van der Waals surface area contributed by atoms with Crippen LogP contribution in [-0.2, 0) is 0 Å². The predicted octanol–water partition coefficient (Wildman–Crippen LogP) is 3.19. The molecule has 0 unspecified atom stereocenters. The van der Waals surface area contributed by atoms with Gasteiger partial charge >= 0.3 is 0 Å². The van der Waals surface area contributed by atoms with E-state index in [1.807, 2.05) is 24.4 Å². The number of aromatic nitrogens is 3. The third kappa shape index (κ3) is 3.54. The number of carbonyl (C=O) groups is 1. The van der Waals surface area contributed by atoms with Crippen molar-refractivity contribution < 1.29 is 4.79 Å². The first-order valence-electron chi connectivity index (χ1n) is 6.97. The summed E-state index contributed by atoms with van der Waals surface area (Å²) in [4.78, 5) is 25.6. The van der Waals surface area contributed by atoms with Gasteiger partial charge in [-0.1, -0.05) is 11.3 Å². The smallest absolute Gasteiger partial charge is 0.263 e. The van der Waals surface area contributed by atoms with E-state index in [1.54, 1.807) is 25.6 Å². The van der Waals surface area contributed by atoms with Crippen LogP contribution in [0.4, 0.5) is 5.13 Å². The first kappa shape index (κ1) is 15.6. The summed E-state index contributed by atoms with van der Waals surface area (Å²) in [6.45, 7) is 1.92. The van der Waals surface area contributed by atoms with E-state index in [1.165, 1.54) is 22.7 Å².